The summed E-state index contributed by atoms with van der Waals surface area (Å²) in [5, 5.41) is 11.3. The Labute approximate surface area is 191 Å². The van der Waals surface area contributed by atoms with Crippen LogP contribution in [0.4, 0.5) is 0 Å². The first-order valence-corrected chi connectivity index (χ1v) is 12.4. The van der Waals surface area contributed by atoms with Gasteiger partial charge < -0.3 is 10.0 Å². The molecule has 1 heterocycles. The summed E-state index contributed by atoms with van der Waals surface area (Å²) < 4.78 is 0. The Kier molecular flexibility index (Phi) is 7.12. The maximum atomic E-state index is 13.7. The van der Waals surface area contributed by atoms with Crippen LogP contribution >= 0.6 is 0 Å². The fourth-order valence-corrected chi connectivity index (χ4v) is 5.55. The minimum Gasteiger partial charge on any atom is -0.477 e. The van der Waals surface area contributed by atoms with Crippen molar-refractivity contribution in [1.82, 2.24) is 9.88 Å². The second-order valence-corrected chi connectivity index (χ2v) is 10.2. The highest BCUT2D eigenvalue weighted by molar-refractivity contribution is 6.00. The molecule has 0 radical (unpaired) electrons. The zero-order valence-corrected chi connectivity index (χ0v) is 19.5. The molecule has 0 saturated heterocycles. The molecule has 0 aliphatic heterocycles. The molecule has 1 aromatic heterocycles. The molecule has 4 rings (SSSR count). The molecule has 5 heteroatoms. The second-order valence-electron chi connectivity index (χ2n) is 10.2. The molecule has 172 valence electrons. The van der Waals surface area contributed by atoms with E-state index in [1.54, 1.807) is 6.07 Å². The number of rotatable bonds is 7. The van der Waals surface area contributed by atoms with E-state index in [1.165, 1.54) is 44.9 Å². The number of aromatic nitrogens is 1. The average Bonchev–Trinajstić information content (AvgIpc) is 3.30. The Bertz CT molecular complexity index is 972. The van der Waals surface area contributed by atoms with Gasteiger partial charge in [0.1, 0.15) is 5.69 Å². The van der Waals surface area contributed by atoms with Crippen molar-refractivity contribution < 1.29 is 14.7 Å². The SMILES string of the molecule is CC(C)CN(C(=O)c1ccc2cc(C(=O)O)nc(CC3CCCC3)c2c1)C1CCCCC1. The highest BCUT2D eigenvalue weighted by Crippen LogP contribution is 2.31. The van der Waals surface area contributed by atoms with E-state index in [2.05, 4.69) is 23.7 Å². The Hall–Kier alpha value is -2.43. The minimum atomic E-state index is -1.000. The van der Waals surface area contributed by atoms with Gasteiger partial charge in [-0.2, -0.15) is 0 Å². The molecule has 0 spiro atoms. The molecule has 2 fully saturated rings. The van der Waals surface area contributed by atoms with Gasteiger partial charge in [-0.25, -0.2) is 9.78 Å². The van der Waals surface area contributed by atoms with Crippen LogP contribution in [0.3, 0.4) is 0 Å². The van der Waals surface area contributed by atoms with E-state index in [4.69, 9.17) is 0 Å². The third-order valence-electron chi connectivity index (χ3n) is 7.17. The predicted molar refractivity (Wildman–Crippen MR) is 127 cm³/mol. The summed E-state index contributed by atoms with van der Waals surface area (Å²) in [6, 6.07) is 7.70. The molecule has 5 nitrogen and oxygen atoms in total. The van der Waals surface area contributed by atoms with Crippen molar-refractivity contribution >= 4 is 22.6 Å². The maximum absolute atomic E-state index is 13.7. The largest absolute Gasteiger partial charge is 0.477 e. The molecule has 1 amide bonds. The molecule has 32 heavy (non-hydrogen) atoms. The average molecular weight is 437 g/mol. The summed E-state index contributed by atoms with van der Waals surface area (Å²) >= 11 is 0. The number of pyridine rings is 1. The molecule has 0 unspecified atom stereocenters. The van der Waals surface area contributed by atoms with Crippen LogP contribution < -0.4 is 0 Å². The number of fused-ring (bicyclic) bond motifs is 1. The van der Waals surface area contributed by atoms with Crippen molar-refractivity contribution in [3.05, 3.63) is 41.2 Å². The molecule has 2 aromatic rings. The Balaban J connectivity index is 1.70. The van der Waals surface area contributed by atoms with E-state index >= 15 is 0 Å². The van der Waals surface area contributed by atoms with Gasteiger partial charge in [-0.1, -0.05) is 64.9 Å². The third-order valence-corrected chi connectivity index (χ3v) is 7.17. The predicted octanol–water partition coefficient (Wildman–Crippen LogP) is 6.10. The fourth-order valence-electron chi connectivity index (χ4n) is 5.55. The van der Waals surface area contributed by atoms with E-state index in [9.17, 15) is 14.7 Å². The summed E-state index contributed by atoms with van der Waals surface area (Å²) in [6.45, 7) is 5.10. The number of carbonyl (C=O) groups is 2. The number of hydrogen-bond donors (Lipinski definition) is 1. The highest BCUT2D eigenvalue weighted by Gasteiger charge is 2.27. The van der Waals surface area contributed by atoms with Crippen molar-refractivity contribution in [2.24, 2.45) is 11.8 Å². The van der Waals surface area contributed by atoms with Crippen molar-refractivity contribution in [2.45, 2.75) is 84.1 Å². The standard InChI is InChI=1S/C27H36N2O3/c1-18(2)17-29(22-10-4-3-5-11-22)26(30)21-13-12-20-16-25(27(31)32)28-24(23(20)15-21)14-19-8-6-7-9-19/h12-13,15-16,18-19,22H,3-11,14,17H2,1-2H3,(H,31,32). The van der Waals surface area contributed by atoms with Gasteiger partial charge in [-0.15, -0.1) is 0 Å². The smallest absolute Gasteiger partial charge is 0.354 e. The molecule has 0 bridgehead atoms. The van der Waals surface area contributed by atoms with Gasteiger partial charge >= 0.3 is 5.97 Å². The van der Waals surface area contributed by atoms with Crippen LogP contribution in [0.25, 0.3) is 10.8 Å². The van der Waals surface area contributed by atoms with Crippen molar-refractivity contribution in [3.8, 4) is 0 Å². The molecular formula is C27H36N2O3. The quantitative estimate of drug-likeness (QED) is 0.569. The van der Waals surface area contributed by atoms with Gasteiger partial charge in [-0.3, -0.25) is 4.79 Å². The van der Waals surface area contributed by atoms with Crippen LogP contribution in [0.15, 0.2) is 24.3 Å². The number of benzene rings is 1. The number of nitrogens with zero attached hydrogens (tertiary/aromatic N) is 2. The van der Waals surface area contributed by atoms with Gasteiger partial charge in [0.25, 0.3) is 5.91 Å². The lowest BCUT2D eigenvalue weighted by Crippen LogP contribution is -2.43. The number of carbonyl (C=O) groups excluding carboxylic acids is 1. The lowest BCUT2D eigenvalue weighted by atomic mass is 9.92. The van der Waals surface area contributed by atoms with Crippen molar-refractivity contribution in [3.63, 3.8) is 0 Å². The molecule has 1 N–H and O–H groups in total. The van der Waals surface area contributed by atoms with Crippen LogP contribution in [-0.4, -0.2) is 39.5 Å². The summed E-state index contributed by atoms with van der Waals surface area (Å²) in [7, 11) is 0. The van der Waals surface area contributed by atoms with Crippen molar-refractivity contribution in [2.75, 3.05) is 6.54 Å². The zero-order chi connectivity index (χ0) is 22.7. The van der Waals surface area contributed by atoms with Crippen LogP contribution in [0, 0.1) is 11.8 Å². The van der Waals surface area contributed by atoms with Crippen molar-refractivity contribution in [1.29, 1.82) is 0 Å². The van der Waals surface area contributed by atoms with E-state index in [-0.39, 0.29) is 11.6 Å². The van der Waals surface area contributed by atoms with Crippen LogP contribution in [0.2, 0.25) is 0 Å². The van der Waals surface area contributed by atoms with Gasteiger partial charge in [0.05, 0.1) is 0 Å². The highest BCUT2D eigenvalue weighted by atomic mass is 16.4. The van der Waals surface area contributed by atoms with Gasteiger partial charge in [-0.05, 0) is 54.7 Å². The van der Waals surface area contributed by atoms with E-state index in [0.717, 1.165) is 42.3 Å². The number of carboxylic acids is 1. The summed E-state index contributed by atoms with van der Waals surface area (Å²) in [6.07, 6.45) is 11.4. The first-order chi connectivity index (χ1) is 15.4. The van der Waals surface area contributed by atoms with Crippen LogP contribution in [0.5, 0.6) is 0 Å². The lowest BCUT2D eigenvalue weighted by Gasteiger charge is -2.35. The Morgan fingerprint density at radius 1 is 1.03 bits per heavy atom. The van der Waals surface area contributed by atoms with Gasteiger partial charge in [0.2, 0.25) is 0 Å². The Morgan fingerprint density at radius 3 is 2.38 bits per heavy atom. The topological polar surface area (TPSA) is 70.5 Å². The van der Waals surface area contributed by atoms with Crippen LogP contribution in [-0.2, 0) is 6.42 Å². The molecule has 2 aliphatic carbocycles. The maximum Gasteiger partial charge on any atom is 0.354 e. The monoisotopic (exact) mass is 436 g/mol. The fraction of sp³-hybridized carbons (Fsp3) is 0.593. The first-order valence-electron chi connectivity index (χ1n) is 12.4. The zero-order valence-electron chi connectivity index (χ0n) is 19.5. The molecular weight excluding hydrogens is 400 g/mol. The molecule has 1 aromatic carbocycles. The van der Waals surface area contributed by atoms with E-state index in [1.807, 2.05) is 18.2 Å². The van der Waals surface area contributed by atoms with Crippen LogP contribution in [0.1, 0.15) is 98.2 Å². The van der Waals surface area contributed by atoms with Gasteiger partial charge in [0, 0.05) is 29.2 Å². The minimum absolute atomic E-state index is 0.0909. The number of carboxylic acid groups (broad SMARTS) is 1. The summed E-state index contributed by atoms with van der Waals surface area (Å²) in [5.41, 5.74) is 1.61. The van der Waals surface area contributed by atoms with E-state index < -0.39 is 5.97 Å². The normalized spacial score (nSPS) is 17.8. The molecule has 2 saturated carbocycles. The third kappa shape index (κ3) is 5.13. The number of hydrogen-bond acceptors (Lipinski definition) is 3. The molecule has 2 aliphatic rings. The summed E-state index contributed by atoms with van der Waals surface area (Å²) in [4.78, 5) is 31.9. The van der Waals surface area contributed by atoms with E-state index in [0.29, 0.717) is 23.4 Å². The Morgan fingerprint density at radius 2 is 1.72 bits per heavy atom. The first kappa shape index (κ1) is 22.8. The number of aromatic carboxylic acids is 1. The second kappa shape index (κ2) is 10.0. The summed E-state index contributed by atoms with van der Waals surface area (Å²) in [5.74, 6) is 0.0644. The van der Waals surface area contributed by atoms with Gasteiger partial charge in [0.15, 0.2) is 0 Å². The molecule has 0 atom stereocenters. The number of amides is 1. The lowest BCUT2D eigenvalue weighted by molar-refractivity contribution is 0.0603.